The molecule has 0 fully saturated rings. The Morgan fingerprint density at radius 1 is 1.00 bits per heavy atom. The molecule has 2 heterocycles. The average molecular weight is 304 g/mol. The molecule has 2 aromatic heterocycles. The van der Waals surface area contributed by atoms with Gasteiger partial charge in [0.05, 0.1) is 21.9 Å². The maximum Gasteiger partial charge on any atom is 0.204 e. The van der Waals surface area contributed by atoms with Crippen molar-refractivity contribution >= 4 is 43.8 Å². The first-order chi connectivity index (χ1) is 10.9. The van der Waals surface area contributed by atoms with Gasteiger partial charge in [0.25, 0.3) is 0 Å². The van der Waals surface area contributed by atoms with Crippen molar-refractivity contribution in [3.63, 3.8) is 0 Å². The average Bonchev–Trinajstić information content (AvgIpc) is 2.97. The Morgan fingerprint density at radius 2 is 1.82 bits per heavy atom. The SMILES string of the molecule is C(=NNc1nc2ccccc2s1)c1cnc2ccccc2c1. The summed E-state index contributed by atoms with van der Waals surface area (Å²) in [4.78, 5) is 8.88. The minimum atomic E-state index is 0.784. The Kier molecular flexibility index (Phi) is 3.25. The molecule has 0 atom stereocenters. The third kappa shape index (κ3) is 2.54. The second-order valence-electron chi connectivity index (χ2n) is 4.82. The molecule has 0 radical (unpaired) electrons. The van der Waals surface area contributed by atoms with E-state index >= 15 is 0 Å². The lowest BCUT2D eigenvalue weighted by Crippen LogP contribution is -1.91. The highest BCUT2D eigenvalue weighted by Gasteiger charge is 2.01. The van der Waals surface area contributed by atoms with Gasteiger partial charge in [-0.3, -0.25) is 10.4 Å². The maximum absolute atomic E-state index is 4.47. The van der Waals surface area contributed by atoms with E-state index in [0.717, 1.165) is 31.8 Å². The van der Waals surface area contributed by atoms with Crippen molar-refractivity contribution in [1.29, 1.82) is 0 Å². The normalized spacial score (nSPS) is 11.5. The molecule has 0 saturated heterocycles. The van der Waals surface area contributed by atoms with E-state index in [-0.39, 0.29) is 0 Å². The Labute approximate surface area is 131 Å². The minimum absolute atomic E-state index is 0.784. The minimum Gasteiger partial charge on any atom is -0.256 e. The predicted molar refractivity (Wildman–Crippen MR) is 92.6 cm³/mol. The molecule has 0 aliphatic heterocycles. The molecule has 0 amide bonds. The molecule has 0 spiro atoms. The number of hydrogen-bond donors (Lipinski definition) is 1. The number of hydrogen-bond acceptors (Lipinski definition) is 5. The van der Waals surface area contributed by atoms with Crippen LogP contribution >= 0.6 is 11.3 Å². The molecule has 0 unspecified atom stereocenters. The topological polar surface area (TPSA) is 50.2 Å². The summed E-state index contributed by atoms with van der Waals surface area (Å²) in [6.07, 6.45) is 3.57. The van der Waals surface area contributed by atoms with Crippen molar-refractivity contribution in [3.05, 3.63) is 66.4 Å². The fourth-order valence-electron chi connectivity index (χ4n) is 2.24. The van der Waals surface area contributed by atoms with Crippen LogP contribution in [0.25, 0.3) is 21.1 Å². The zero-order chi connectivity index (χ0) is 14.8. The van der Waals surface area contributed by atoms with Crippen molar-refractivity contribution in [2.75, 3.05) is 5.43 Å². The zero-order valence-corrected chi connectivity index (χ0v) is 12.4. The van der Waals surface area contributed by atoms with Gasteiger partial charge in [-0.2, -0.15) is 5.10 Å². The Balaban J connectivity index is 1.55. The van der Waals surface area contributed by atoms with Gasteiger partial charge in [-0.25, -0.2) is 4.98 Å². The first-order valence-electron chi connectivity index (χ1n) is 6.88. The van der Waals surface area contributed by atoms with Crippen molar-refractivity contribution in [2.45, 2.75) is 0 Å². The number of para-hydroxylation sites is 2. The van der Waals surface area contributed by atoms with E-state index in [4.69, 9.17) is 0 Å². The van der Waals surface area contributed by atoms with Gasteiger partial charge in [-0.05, 0) is 24.3 Å². The smallest absolute Gasteiger partial charge is 0.204 e. The number of pyridine rings is 1. The summed E-state index contributed by atoms with van der Waals surface area (Å²) >= 11 is 1.58. The second kappa shape index (κ2) is 5.54. The second-order valence-corrected chi connectivity index (χ2v) is 5.85. The van der Waals surface area contributed by atoms with Gasteiger partial charge in [-0.15, -0.1) is 0 Å². The molecule has 4 nitrogen and oxygen atoms in total. The van der Waals surface area contributed by atoms with Crippen LogP contribution < -0.4 is 5.43 Å². The number of rotatable bonds is 3. The van der Waals surface area contributed by atoms with Gasteiger partial charge in [0.15, 0.2) is 0 Å². The Morgan fingerprint density at radius 3 is 2.73 bits per heavy atom. The van der Waals surface area contributed by atoms with Crippen molar-refractivity contribution in [2.24, 2.45) is 5.10 Å². The summed E-state index contributed by atoms with van der Waals surface area (Å²) in [6.45, 7) is 0. The van der Waals surface area contributed by atoms with Crippen LogP contribution in [0.15, 0.2) is 65.9 Å². The van der Waals surface area contributed by atoms with Gasteiger partial charge in [0.1, 0.15) is 0 Å². The summed E-state index contributed by atoms with van der Waals surface area (Å²) in [5.74, 6) is 0. The molecular formula is C17H12N4S. The number of hydrazone groups is 1. The number of fused-ring (bicyclic) bond motifs is 2. The lowest BCUT2D eigenvalue weighted by atomic mass is 10.2. The van der Waals surface area contributed by atoms with Crippen LogP contribution in [0.1, 0.15) is 5.56 Å². The number of nitrogens with one attached hydrogen (secondary N) is 1. The van der Waals surface area contributed by atoms with Crippen LogP contribution in [-0.4, -0.2) is 16.2 Å². The van der Waals surface area contributed by atoms with E-state index in [1.807, 2.05) is 48.7 Å². The quantitative estimate of drug-likeness (QED) is 0.454. The molecule has 106 valence electrons. The lowest BCUT2D eigenvalue weighted by molar-refractivity contribution is 1.31. The third-order valence-corrected chi connectivity index (χ3v) is 4.22. The predicted octanol–water partition coefficient (Wildman–Crippen LogP) is 4.29. The van der Waals surface area contributed by atoms with Crippen LogP contribution in [0.2, 0.25) is 0 Å². The van der Waals surface area contributed by atoms with E-state index in [1.165, 1.54) is 0 Å². The summed E-state index contributed by atoms with van der Waals surface area (Å²) in [7, 11) is 0. The van der Waals surface area contributed by atoms with Gasteiger partial charge < -0.3 is 0 Å². The molecule has 22 heavy (non-hydrogen) atoms. The van der Waals surface area contributed by atoms with Gasteiger partial charge in [0, 0.05) is 17.1 Å². The van der Waals surface area contributed by atoms with Crippen LogP contribution in [-0.2, 0) is 0 Å². The molecule has 0 aliphatic carbocycles. The Bertz CT molecular complexity index is 941. The highest BCUT2D eigenvalue weighted by molar-refractivity contribution is 7.22. The van der Waals surface area contributed by atoms with E-state index in [0.29, 0.717) is 0 Å². The molecule has 1 N–H and O–H groups in total. The summed E-state index contributed by atoms with van der Waals surface area (Å²) in [5.41, 5.74) is 5.90. The van der Waals surface area contributed by atoms with Gasteiger partial charge >= 0.3 is 0 Å². The molecule has 2 aromatic carbocycles. The van der Waals surface area contributed by atoms with Crippen molar-refractivity contribution in [1.82, 2.24) is 9.97 Å². The van der Waals surface area contributed by atoms with Crippen LogP contribution in [0.3, 0.4) is 0 Å². The maximum atomic E-state index is 4.47. The highest BCUT2D eigenvalue weighted by Crippen LogP contribution is 2.25. The molecule has 0 bridgehead atoms. The number of thiazole rings is 1. The molecule has 4 rings (SSSR count). The monoisotopic (exact) mass is 304 g/mol. The van der Waals surface area contributed by atoms with Crippen LogP contribution in [0, 0.1) is 0 Å². The van der Waals surface area contributed by atoms with Crippen molar-refractivity contribution in [3.8, 4) is 0 Å². The van der Waals surface area contributed by atoms with Gasteiger partial charge in [-0.1, -0.05) is 41.7 Å². The molecule has 4 aromatic rings. The summed E-state index contributed by atoms with van der Waals surface area (Å²) < 4.78 is 1.15. The Hall–Kier alpha value is -2.79. The molecular weight excluding hydrogens is 292 g/mol. The summed E-state index contributed by atoms with van der Waals surface area (Å²) in [6, 6.07) is 18.1. The third-order valence-electron chi connectivity index (χ3n) is 3.28. The van der Waals surface area contributed by atoms with Crippen LogP contribution in [0.5, 0.6) is 0 Å². The van der Waals surface area contributed by atoms with Crippen molar-refractivity contribution < 1.29 is 0 Å². The number of anilines is 1. The first kappa shape index (κ1) is 12.9. The van der Waals surface area contributed by atoms with Crippen LogP contribution in [0.4, 0.5) is 5.13 Å². The number of nitrogens with zero attached hydrogens (tertiary/aromatic N) is 3. The molecule has 0 aliphatic rings. The van der Waals surface area contributed by atoms with E-state index in [2.05, 4.69) is 32.6 Å². The first-order valence-corrected chi connectivity index (χ1v) is 7.69. The largest absolute Gasteiger partial charge is 0.256 e. The zero-order valence-electron chi connectivity index (χ0n) is 11.6. The number of aromatic nitrogens is 2. The fraction of sp³-hybridized carbons (Fsp3) is 0. The highest BCUT2D eigenvalue weighted by atomic mass is 32.1. The van der Waals surface area contributed by atoms with Gasteiger partial charge in [0.2, 0.25) is 5.13 Å². The fourth-order valence-corrected chi connectivity index (χ4v) is 3.06. The summed E-state index contributed by atoms with van der Waals surface area (Å²) in [5, 5.41) is 6.13. The van der Waals surface area contributed by atoms with E-state index in [1.54, 1.807) is 17.6 Å². The van der Waals surface area contributed by atoms with E-state index in [9.17, 15) is 0 Å². The van der Waals surface area contributed by atoms with E-state index < -0.39 is 0 Å². The number of benzene rings is 2. The lowest BCUT2D eigenvalue weighted by Gasteiger charge is -1.98. The standard InChI is InChI=1S/C17H12N4S/c1-2-6-14-13(5-1)9-12(10-18-14)11-19-21-17-20-15-7-3-4-8-16(15)22-17/h1-11H,(H,20,21). The molecule has 5 heteroatoms. The molecule has 0 saturated carbocycles.